The number of benzene rings is 2. The maximum atomic E-state index is 13.2. The third-order valence-electron chi connectivity index (χ3n) is 3.51. The zero-order chi connectivity index (χ0) is 18.7. The molecule has 0 radical (unpaired) electrons. The van der Waals surface area contributed by atoms with Crippen molar-refractivity contribution >= 4 is 17.4 Å². The van der Waals surface area contributed by atoms with Crippen LogP contribution in [0.2, 0.25) is 0 Å². The summed E-state index contributed by atoms with van der Waals surface area (Å²) in [7, 11) is 0. The Kier molecular flexibility index (Phi) is 5.21. The molecule has 0 heterocycles. The van der Waals surface area contributed by atoms with Crippen LogP contribution in [0.1, 0.15) is 33.2 Å². The predicted octanol–water partition coefficient (Wildman–Crippen LogP) is 3.61. The van der Waals surface area contributed by atoms with Gasteiger partial charge >= 0.3 is 5.97 Å². The van der Waals surface area contributed by atoms with Crippen molar-refractivity contribution in [2.45, 2.75) is 20.0 Å². The molecule has 0 N–H and O–H groups in total. The number of halogens is 2. The summed E-state index contributed by atoms with van der Waals surface area (Å²) in [4.78, 5) is 34.7. The minimum atomic E-state index is -1.34. The van der Waals surface area contributed by atoms with Gasteiger partial charge in [0.15, 0.2) is 17.7 Å². The molecule has 0 aliphatic rings. The fraction of sp³-hybridized carbons (Fsp3) is 0.176. The highest BCUT2D eigenvalue weighted by molar-refractivity contribution is 6.02. The van der Waals surface area contributed by atoms with Crippen molar-refractivity contribution in [2.75, 3.05) is 0 Å². The van der Waals surface area contributed by atoms with Crippen LogP contribution in [0.25, 0.3) is 0 Å². The number of esters is 1. The zero-order valence-corrected chi connectivity index (χ0v) is 13.3. The van der Waals surface area contributed by atoms with E-state index in [0.29, 0.717) is 11.6 Å². The molecule has 8 heteroatoms. The predicted molar refractivity (Wildman–Crippen MR) is 83.4 cm³/mol. The summed E-state index contributed by atoms with van der Waals surface area (Å²) >= 11 is 0. The number of hydrogen-bond acceptors (Lipinski definition) is 5. The van der Waals surface area contributed by atoms with Gasteiger partial charge in [-0.3, -0.25) is 14.9 Å². The van der Waals surface area contributed by atoms with Gasteiger partial charge in [0, 0.05) is 11.6 Å². The Labute approximate surface area is 141 Å². The third kappa shape index (κ3) is 3.85. The van der Waals surface area contributed by atoms with E-state index in [1.807, 2.05) is 0 Å². The van der Waals surface area contributed by atoms with Gasteiger partial charge in [0.25, 0.3) is 5.69 Å². The van der Waals surface area contributed by atoms with Crippen molar-refractivity contribution in [2.24, 2.45) is 0 Å². The topological polar surface area (TPSA) is 86.5 Å². The summed E-state index contributed by atoms with van der Waals surface area (Å²) in [5.74, 6) is -4.13. The molecule has 1 unspecified atom stereocenters. The lowest BCUT2D eigenvalue weighted by Crippen LogP contribution is -2.25. The van der Waals surface area contributed by atoms with E-state index in [1.165, 1.54) is 26.0 Å². The molecule has 25 heavy (non-hydrogen) atoms. The average molecular weight is 349 g/mol. The lowest BCUT2D eigenvalue weighted by Gasteiger charge is -2.13. The summed E-state index contributed by atoms with van der Waals surface area (Å²) in [6.07, 6.45) is -1.34. The van der Waals surface area contributed by atoms with E-state index in [2.05, 4.69) is 0 Å². The second-order valence-corrected chi connectivity index (χ2v) is 5.27. The van der Waals surface area contributed by atoms with E-state index in [1.54, 1.807) is 0 Å². The normalized spacial score (nSPS) is 11.7. The molecule has 2 aromatic rings. The molecule has 0 saturated heterocycles. The standard InChI is InChI=1S/C17H13F2NO5/c1-9-4-3-5-14(20(23)24)15(9)17(22)25-10(2)16(21)11-6-7-12(18)13(19)8-11/h3-8,10H,1-2H3. The number of hydrogen-bond donors (Lipinski definition) is 0. The monoisotopic (exact) mass is 349 g/mol. The van der Waals surface area contributed by atoms with Crippen molar-refractivity contribution in [1.29, 1.82) is 0 Å². The zero-order valence-electron chi connectivity index (χ0n) is 13.3. The molecule has 2 aromatic carbocycles. The van der Waals surface area contributed by atoms with Gasteiger partial charge in [-0.25, -0.2) is 13.6 Å². The first-order chi connectivity index (χ1) is 11.7. The minimum Gasteiger partial charge on any atom is -0.450 e. The van der Waals surface area contributed by atoms with E-state index in [9.17, 15) is 28.5 Å². The Morgan fingerprint density at radius 2 is 1.84 bits per heavy atom. The number of Topliss-reactive ketones (excluding diaryl/α,β-unsaturated/α-hetero) is 1. The van der Waals surface area contributed by atoms with Gasteiger partial charge < -0.3 is 4.74 Å². The van der Waals surface area contributed by atoms with Gasteiger partial charge in [-0.05, 0) is 37.6 Å². The Balaban J connectivity index is 2.24. The number of nitro benzene ring substituents is 1. The number of ether oxygens (including phenoxy) is 1. The van der Waals surface area contributed by atoms with Gasteiger partial charge in [-0.15, -0.1) is 0 Å². The first kappa shape index (κ1) is 18.2. The van der Waals surface area contributed by atoms with Crippen LogP contribution in [0.5, 0.6) is 0 Å². The lowest BCUT2D eigenvalue weighted by atomic mass is 10.1. The number of aryl methyl sites for hydroxylation is 1. The van der Waals surface area contributed by atoms with E-state index in [-0.39, 0.29) is 11.1 Å². The molecule has 0 spiro atoms. The average Bonchev–Trinajstić information content (AvgIpc) is 2.56. The molecule has 130 valence electrons. The van der Waals surface area contributed by atoms with Crippen LogP contribution in [0.4, 0.5) is 14.5 Å². The fourth-order valence-corrected chi connectivity index (χ4v) is 2.23. The highest BCUT2D eigenvalue weighted by Gasteiger charge is 2.27. The number of carbonyl (C=O) groups is 2. The largest absolute Gasteiger partial charge is 0.450 e. The quantitative estimate of drug-likeness (QED) is 0.356. The van der Waals surface area contributed by atoms with E-state index < -0.39 is 40.1 Å². The minimum absolute atomic E-state index is 0.182. The van der Waals surface area contributed by atoms with Crippen LogP contribution in [0.15, 0.2) is 36.4 Å². The number of nitrogens with zero attached hydrogens (tertiary/aromatic N) is 1. The van der Waals surface area contributed by atoms with Gasteiger partial charge in [-0.2, -0.15) is 0 Å². The van der Waals surface area contributed by atoms with Crippen molar-refractivity contribution in [1.82, 2.24) is 0 Å². The van der Waals surface area contributed by atoms with Crippen LogP contribution >= 0.6 is 0 Å². The van der Waals surface area contributed by atoms with E-state index in [0.717, 1.165) is 18.2 Å². The van der Waals surface area contributed by atoms with Crippen LogP contribution < -0.4 is 0 Å². The van der Waals surface area contributed by atoms with Crippen LogP contribution in [-0.2, 0) is 4.74 Å². The highest BCUT2D eigenvalue weighted by Crippen LogP contribution is 2.23. The molecule has 2 rings (SSSR count). The molecule has 0 bridgehead atoms. The number of carbonyl (C=O) groups excluding carboxylic acids is 2. The Morgan fingerprint density at radius 3 is 2.44 bits per heavy atom. The van der Waals surface area contributed by atoms with E-state index in [4.69, 9.17) is 4.74 Å². The molecule has 0 saturated carbocycles. The molecule has 0 aliphatic carbocycles. The Hall–Kier alpha value is -3.16. The summed E-state index contributed by atoms with van der Waals surface area (Å²) in [5, 5.41) is 11.0. The fourth-order valence-electron chi connectivity index (χ4n) is 2.23. The van der Waals surface area contributed by atoms with Crippen LogP contribution in [0.3, 0.4) is 0 Å². The molecule has 0 amide bonds. The third-order valence-corrected chi connectivity index (χ3v) is 3.51. The number of rotatable bonds is 5. The van der Waals surface area contributed by atoms with Crippen LogP contribution in [-0.4, -0.2) is 22.8 Å². The summed E-state index contributed by atoms with van der Waals surface area (Å²) in [5.41, 5.74) is -0.583. The Bertz CT molecular complexity index is 866. The van der Waals surface area contributed by atoms with Gasteiger partial charge in [0.2, 0.25) is 5.78 Å². The van der Waals surface area contributed by atoms with Gasteiger partial charge in [0.05, 0.1) is 4.92 Å². The lowest BCUT2D eigenvalue weighted by molar-refractivity contribution is -0.385. The SMILES string of the molecule is Cc1cccc([N+](=O)[O-])c1C(=O)OC(C)C(=O)c1ccc(F)c(F)c1. The number of ketones is 1. The van der Waals surface area contributed by atoms with Crippen molar-refractivity contribution in [3.63, 3.8) is 0 Å². The number of nitro groups is 1. The molecule has 0 aromatic heterocycles. The van der Waals surface area contributed by atoms with Crippen molar-refractivity contribution in [3.05, 3.63) is 74.8 Å². The summed E-state index contributed by atoms with van der Waals surface area (Å²) in [6.45, 7) is 2.73. The van der Waals surface area contributed by atoms with Crippen molar-refractivity contribution in [3.8, 4) is 0 Å². The van der Waals surface area contributed by atoms with Crippen LogP contribution in [0, 0.1) is 28.7 Å². The molecular formula is C17H13F2NO5. The smallest absolute Gasteiger partial charge is 0.346 e. The molecule has 0 aliphatic heterocycles. The van der Waals surface area contributed by atoms with E-state index >= 15 is 0 Å². The highest BCUT2D eigenvalue weighted by atomic mass is 19.2. The Morgan fingerprint density at radius 1 is 1.16 bits per heavy atom. The van der Waals surface area contributed by atoms with Gasteiger partial charge in [0.1, 0.15) is 5.56 Å². The molecule has 6 nitrogen and oxygen atoms in total. The molecule has 1 atom stereocenters. The first-order valence-electron chi connectivity index (χ1n) is 7.16. The van der Waals surface area contributed by atoms with Gasteiger partial charge in [-0.1, -0.05) is 12.1 Å². The second-order valence-electron chi connectivity index (χ2n) is 5.27. The first-order valence-corrected chi connectivity index (χ1v) is 7.16. The summed E-state index contributed by atoms with van der Waals surface area (Å²) < 4.78 is 31.1. The molecule has 0 fully saturated rings. The summed E-state index contributed by atoms with van der Waals surface area (Å²) in [6, 6.07) is 6.58. The maximum Gasteiger partial charge on any atom is 0.346 e. The second kappa shape index (κ2) is 7.16. The molecular weight excluding hydrogens is 336 g/mol. The maximum absolute atomic E-state index is 13.2. The van der Waals surface area contributed by atoms with Crippen molar-refractivity contribution < 1.29 is 28.0 Å².